The van der Waals surface area contributed by atoms with Gasteiger partial charge in [-0.1, -0.05) is 0 Å². The van der Waals surface area contributed by atoms with E-state index in [2.05, 4.69) is 10.6 Å². The molecule has 2 rings (SSSR count). The molecule has 2 saturated heterocycles. The summed E-state index contributed by atoms with van der Waals surface area (Å²) >= 11 is 0. The van der Waals surface area contributed by atoms with Crippen molar-refractivity contribution >= 4 is 18.5 Å². The monoisotopic (exact) mass is 262 g/mol. The number of hydrogen-bond acceptors (Lipinski definition) is 3. The zero-order valence-electron chi connectivity index (χ0n) is 10.8. The van der Waals surface area contributed by atoms with E-state index in [0.29, 0.717) is 12.1 Å². The van der Waals surface area contributed by atoms with E-state index in [1.165, 1.54) is 12.8 Å². The van der Waals surface area contributed by atoms with Gasteiger partial charge in [0.15, 0.2) is 0 Å². The van der Waals surface area contributed by atoms with E-state index in [-0.39, 0.29) is 30.1 Å². The Bertz CT molecular complexity index is 266. The van der Waals surface area contributed by atoms with Gasteiger partial charge in [0, 0.05) is 17.6 Å². The Hall–Kier alpha value is -0.480. The third-order valence-electron chi connectivity index (χ3n) is 3.18. The van der Waals surface area contributed by atoms with Crippen molar-refractivity contribution in [2.75, 3.05) is 0 Å². The SMILES string of the molecule is CC(C)(C)NC(=O)OC1CC2CCC(C1)N2.Cl. The Labute approximate surface area is 109 Å². The van der Waals surface area contributed by atoms with Crippen LogP contribution in [0, 0.1) is 0 Å². The molecule has 2 fully saturated rings. The molecule has 2 atom stereocenters. The first-order chi connectivity index (χ1) is 7.42. The van der Waals surface area contributed by atoms with Crippen LogP contribution < -0.4 is 10.6 Å². The summed E-state index contributed by atoms with van der Waals surface area (Å²) in [5, 5.41) is 6.36. The van der Waals surface area contributed by atoms with Gasteiger partial charge < -0.3 is 15.4 Å². The van der Waals surface area contributed by atoms with Gasteiger partial charge in [-0.15, -0.1) is 12.4 Å². The number of piperidine rings is 1. The van der Waals surface area contributed by atoms with Crippen molar-refractivity contribution in [3.63, 3.8) is 0 Å². The molecule has 1 amide bonds. The number of amides is 1. The van der Waals surface area contributed by atoms with E-state index in [0.717, 1.165) is 12.8 Å². The first-order valence-corrected chi connectivity index (χ1v) is 6.17. The Morgan fingerprint density at radius 2 is 1.76 bits per heavy atom. The molecule has 2 N–H and O–H groups in total. The summed E-state index contributed by atoms with van der Waals surface area (Å²) in [6.07, 6.45) is 4.21. The first-order valence-electron chi connectivity index (χ1n) is 6.17. The Morgan fingerprint density at radius 1 is 1.24 bits per heavy atom. The number of carbonyl (C=O) groups is 1. The quantitative estimate of drug-likeness (QED) is 0.762. The molecule has 0 aromatic heterocycles. The lowest BCUT2D eigenvalue weighted by Crippen LogP contribution is -2.46. The molecule has 5 heteroatoms. The topological polar surface area (TPSA) is 50.4 Å². The first kappa shape index (κ1) is 14.6. The highest BCUT2D eigenvalue weighted by molar-refractivity contribution is 5.85. The van der Waals surface area contributed by atoms with Crippen LogP contribution in [-0.2, 0) is 4.74 Å². The zero-order valence-corrected chi connectivity index (χ0v) is 11.6. The standard InChI is InChI=1S/C12H22N2O2.ClH/c1-12(2,3)14-11(15)16-10-6-8-4-5-9(7-10)13-8;/h8-10,13H,4-7H2,1-3H3,(H,14,15);1H. The lowest BCUT2D eigenvalue weighted by atomic mass is 10.0. The average Bonchev–Trinajstić information content (AvgIpc) is 2.42. The third-order valence-corrected chi connectivity index (χ3v) is 3.18. The summed E-state index contributed by atoms with van der Waals surface area (Å²) in [6, 6.07) is 1.12. The maximum atomic E-state index is 11.6. The summed E-state index contributed by atoms with van der Waals surface area (Å²) in [4.78, 5) is 11.6. The van der Waals surface area contributed by atoms with Gasteiger partial charge in [-0.2, -0.15) is 0 Å². The number of halogens is 1. The molecular formula is C12H23ClN2O2. The van der Waals surface area contributed by atoms with Crippen molar-refractivity contribution in [2.24, 2.45) is 0 Å². The van der Waals surface area contributed by atoms with Crippen LogP contribution in [0.3, 0.4) is 0 Å². The molecule has 0 aliphatic carbocycles. The van der Waals surface area contributed by atoms with Crippen LogP contribution in [-0.4, -0.2) is 29.8 Å². The highest BCUT2D eigenvalue weighted by Gasteiger charge is 2.35. The van der Waals surface area contributed by atoms with Gasteiger partial charge in [0.05, 0.1) is 0 Å². The van der Waals surface area contributed by atoms with Crippen molar-refractivity contribution in [3.8, 4) is 0 Å². The molecule has 100 valence electrons. The Morgan fingerprint density at radius 3 is 2.24 bits per heavy atom. The molecule has 0 saturated carbocycles. The fourth-order valence-electron chi connectivity index (χ4n) is 2.59. The smallest absolute Gasteiger partial charge is 0.407 e. The van der Waals surface area contributed by atoms with Crippen LogP contribution >= 0.6 is 12.4 Å². The van der Waals surface area contributed by atoms with Gasteiger partial charge in [-0.05, 0) is 46.5 Å². The van der Waals surface area contributed by atoms with Gasteiger partial charge in [0.1, 0.15) is 6.10 Å². The number of rotatable bonds is 1. The molecule has 2 unspecified atom stereocenters. The number of nitrogens with one attached hydrogen (secondary N) is 2. The van der Waals surface area contributed by atoms with Crippen LogP contribution in [0.2, 0.25) is 0 Å². The molecule has 2 heterocycles. The fraction of sp³-hybridized carbons (Fsp3) is 0.917. The highest BCUT2D eigenvalue weighted by atomic mass is 35.5. The van der Waals surface area contributed by atoms with Crippen molar-refractivity contribution in [3.05, 3.63) is 0 Å². The summed E-state index contributed by atoms with van der Waals surface area (Å²) in [7, 11) is 0. The zero-order chi connectivity index (χ0) is 11.8. The summed E-state index contributed by atoms with van der Waals surface area (Å²) in [6.45, 7) is 5.88. The highest BCUT2D eigenvalue weighted by Crippen LogP contribution is 2.28. The largest absolute Gasteiger partial charge is 0.446 e. The molecule has 0 spiro atoms. The number of hydrogen-bond donors (Lipinski definition) is 2. The molecule has 2 aliphatic heterocycles. The van der Waals surface area contributed by atoms with E-state index in [1.54, 1.807) is 0 Å². The van der Waals surface area contributed by atoms with Gasteiger partial charge in [0.2, 0.25) is 0 Å². The van der Waals surface area contributed by atoms with Gasteiger partial charge >= 0.3 is 6.09 Å². The summed E-state index contributed by atoms with van der Waals surface area (Å²) < 4.78 is 5.46. The fourth-order valence-corrected chi connectivity index (χ4v) is 2.59. The Kier molecular flexibility index (Phi) is 4.67. The van der Waals surface area contributed by atoms with Crippen LogP contribution in [0.4, 0.5) is 4.79 Å². The summed E-state index contributed by atoms with van der Waals surface area (Å²) in [5.74, 6) is 0. The van der Waals surface area contributed by atoms with E-state index < -0.39 is 0 Å². The number of carbonyl (C=O) groups excluding carboxylic acids is 1. The average molecular weight is 263 g/mol. The van der Waals surface area contributed by atoms with Crippen molar-refractivity contribution in [2.45, 2.75) is 70.2 Å². The second-order valence-corrected chi connectivity index (χ2v) is 6.01. The van der Waals surface area contributed by atoms with Crippen LogP contribution in [0.15, 0.2) is 0 Å². The second-order valence-electron chi connectivity index (χ2n) is 6.01. The minimum Gasteiger partial charge on any atom is -0.446 e. The van der Waals surface area contributed by atoms with E-state index in [1.807, 2.05) is 20.8 Å². The molecule has 0 aromatic rings. The van der Waals surface area contributed by atoms with Crippen LogP contribution in [0.5, 0.6) is 0 Å². The van der Waals surface area contributed by atoms with E-state index in [4.69, 9.17) is 4.74 Å². The molecular weight excluding hydrogens is 240 g/mol. The van der Waals surface area contributed by atoms with E-state index in [9.17, 15) is 4.79 Å². The lowest BCUT2D eigenvalue weighted by Gasteiger charge is -2.30. The van der Waals surface area contributed by atoms with Crippen molar-refractivity contribution < 1.29 is 9.53 Å². The summed E-state index contributed by atoms with van der Waals surface area (Å²) in [5.41, 5.74) is -0.219. The molecule has 0 radical (unpaired) electrons. The van der Waals surface area contributed by atoms with Gasteiger partial charge in [0.25, 0.3) is 0 Å². The third kappa shape index (κ3) is 4.36. The predicted molar refractivity (Wildman–Crippen MR) is 69.6 cm³/mol. The molecule has 17 heavy (non-hydrogen) atoms. The lowest BCUT2D eigenvalue weighted by molar-refractivity contribution is 0.0625. The minimum absolute atomic E-state index is 0. The maximum absolute atomic E-state index is 11.6. The van der Waals surface area contributed by atoms with Gasteiger partial charge in [-0.25, -0.2) is 4.79 Å². The molecule has 2 bridgehead atoms. The molecule has 0 aromatic carbocycles. The second kappa shape index (κ2) is 5.44. The van der Waals surface area contributed by atoms with Crippen molar-refractivity contribution in [1.29, 1.82) is 0 Å². The van der Waals surface area contributed by atoms with Crippen LogP contribution in [0.1, 0.15) is 46.5 Å². The predicted octanol–water partition coefficient (Wildman–Crippen LogP) is 2.22. The Balaban J connectivity index is 0.00000144. The van der Waals surface area contributed by atoms with Crippen LogP contribution in [0.25, 0.3) is 0 Å². The van der Waals surface area contributed by atoms with E-state index >= 15 is 0 Å². The normalized spacial score (nSPS) is 31.6. The molecule has 2 aliphatic rings. The number of ether oxygens (including phenoxy) is 1. The van der Waals surface area contributed by atoms with Gasteiger partial charge in [-0.3, -0.25) is 0 Å². The molecule has 4 nitrogen and oxygen atoms in total. The number of fused-ring (bicyclic) bond motifs is 2. The maximum Gasteiger partial charge on any atom is 0.407 e. The number of alkyl carbamates (subject to hydrolysis) is 1. The van der Waals surface area contributed by atoms with Crippen molar-refractivity contribution in [1.82, 2.24) is 10.6 Å². The minimum atomic E-state index is -0.279.